The second-order valence-electron chi connectivity index (χ2n) is 3.89. The molecule has 1 unspecified atom stereocenters. The molecule has 18 heavy (non-hydrogen) atoms. The molecule has 0 aliphatic heterocycles. The van der Waals surface area contributed by atoms with Crippen LogP contribution in [-0.4, -0.2) is 14.6 Å². The lowest BCUT2D eigenvalue weighted by Crippen LogP contribution is -2.29. The van der Waals surface area contributed by atoms with E-state index in [1.54, 1.807) is 0 Å². The number of hydrazine groups is 1. The quantitative estimate of drug-likeness (QED) is 0.551. The summed E-state index contributed by atoms with van der Waals surface area (Å²) < 4.78 is 3.85. The lowest BCUT2D eigenvalue weighted by Gasteiger charge is -2.13. The van der Waals surface area contributed by atoms with Crippen molar-refractivity contribution < 1.29 is 0 Å². The lowest BCUT2D eigenvalue weighted by molar-refractivity contribution is 0.617. The highest BCUT2D eigenvalue weighted by atomic mass is 32.1. The van der Waals surface area contributed by atoms with Gasteiger partial charge >= 0.3 is 0 Å². The molecule has 0 saturated heterocycles. The van der Waals surface area contributed by atoms with E-state index in [2.05, 4.69) is 26.1 Å². The summed E-state index contributed by atoms with van der Waals surface area (Å²) in [5, 5.41) is 7.00. The maximum absolute atomic E-state index is 5.60. The smallest absolute Gasteiger partial charge is 0.0983 e. The van der Waals surface area contributed by atoms with Crippen LogP contribution in [-0.2, 0) is 0 Å². The summed E-state index contributed by atoms with van der Waals surface area (Å²) in [7, 11) is 0. The average Bonchev–Trinajstić information content (AvgIpc) is 2.93. The molecule has 1 atom stereocenters. The van der Waals surface area contributed by atoms with Crippen LogP contribution in [0.3, 0.4) is 0 Å². The minimum Gasteiger partial charge on any atom is -0.271 e. The van der Waals surface area contributed by atoms with Crippen molar-refractivity contribution in [2.45, 2.75) is 6.04 Å². The predicted octanol–water partition coefficient (Wildman–Crippen LogP) is 1.64. The predicted molar refractivity (Wildman–Crippen MR) is 70.8 cm³/mol. The molecule has 0 fully saturated rings. The monoisotopic (exact) mass is 257 g/mol. The largest absolute Gasteiger partial charge is 0.271 e. The third-order valence-electron chi connectivity index (χ3n) is 2.78. The van der Waals surface area contributed by atoms with Crippen LogP contribution < -0.4 is 11.3 Å². The van der Waals surface area contributed by atoms with Crippen molar-refractivity contribution in [3.63, 3.8) is 0 Å². The maximum Gasteiger partial charge on any atom is 0.0983 e. The van der Waals surface area contributed by atoms with Gasteiger partial charge < -0.3 is 0 Å². The number of rotatable bonds is 3. The molecule has 0 radical (unpaired) electrons. The van der Waals surface area contributed by atoms with Crippen molar-refractivity contribution in [1.29, 1.82) is 0 Å². The normalized spacial score (nSPS) is 12.7. The van der Waals surface area contributed by atoms with Gasteiger partial charge in [-0.15, -0.1) is 5.10 Å². The SMILES string of the molecule is NNC(c1cnc2ccccc2c1)c1csnn1. The molecular weight excluding hydrogens is 246 g/mol. The van der Waals surface area contributed by atoms with Crippen LogP contribution in [0.25, 0.3) is 10.9 Å². The van der Waals surface area contributed by atoms with Crippen LogP contribution in [0.4, 0.5) is 0 Å². The molecule has 6 heteroatoms. The standard InChI is InChI=1S/C12H11N5S/c13-15-12(11-7-18-17-16-11)9-5-8-3-1-2-4-10(8)14-6-9/h1-7,12,15H,13H2. The molecule has 2 heterocycles. The number of hydrogen-bond acceptors (Lipinski definition) is 6. The Morgan fingerprint density at radius 2 is 2.17 bits per heavy atom. The number of nitrogens with one attached hydrogen (secondary N) is 1. The Bertz CT molecular complexity index is 652. The molecule has 0 aliphatic carbocycles. The molecule has 0 aliphatic rings. The number of benzene rings is 1. The average molecular weight is 257 g/mol. The fourth-order valence-corrected chi connectivity index (χ4v) is 2.38. The summed E-state index contributed by atoms with van der Waals surface area (Å²) in [4.78, 5) is 4.42. The summed E-state index contributed by atoms with van der Waals surface area (Å²) in [6, 6.07) is 9.85. The first kappa shape index (κ1) is 11.2. The van der Waals surface area contributed by atoms with E-state index in [4.69, 9.17) is 5.84 Å². The number of pyridine rings is 1. The maximum atomic E-state index is 5.60. The number of para-hydroxylation sites is 1. The van der Waals surface area contributed by atoms with E-state index in [0.29, 0.717) is 0 Å². The Morgan fingerprint density at radius 1 is 1.28 bits per heavy atom. The van der Waals surface area contributed by atoms with Crippen molar-refractivity contribution in [2.24, 2.45) is 5.84 Å². The van der Waals surface area contributed by atoms with Crippen molar-refractivity contribution in [2.75, 3.05) is 0 Å². The third kappa shape index (κ3) is 1.97. The Balaban J connectivity index is 2.07. The van der Waals surface area contributed by atoms with Crippen LogP contribution in [0.5, 0.6) is 0 Å². The molecule has 0 spiro atoms. The van der Waals surface area contributed by atoms with E-state index < -0.39 is 0 Å². The van der Waals surface area contributed by atoms with Gasteiger partial charge in [0.2, 0.25) is 0 Å². The number of nitrogens with zero attached hydrogens (tertiary/aromatic N) is 3. The summed E-state index contributed by atoms with van der Waals surface area (Å²) in [6.07, 6.45) is 1.81. The Hall–Kier alpha value is -1.89. The van der Waals surface area contributed by atoms with Gasteiger partial charge in [-0.2, -0.15) is 0 Å². The molecule has 0 amide bonds. The third-order valence-corrected chi connectivity index (χ3v) is 3.31. The highest BCUT2D eigenvalue weighted by molar-refractivity contribution is 7.03. The summed E-state index contributed by atoms with van der Waals surface area (Å²) in [5.41, 5.74) is 5.50. The second-order valence-corrected chi connectivity index (χ2v) is 4.50. The van der Waals surface area contributed by atoms with Crippen LogP contribution >= 0.6 is 11.5 Å². The van der Waals surface area contributed by atoms with E-state index in [1.807, 2.05) is 35.8 Å². The van der Waals surface area contributed by atoms with Crippen LogP contribution in [0.2, 0.25) is 0 Å². The summed E-state index contributed by atoms with van der Waals surface area (Å²) in [5.74, 6) is 5.60. The van der Waals surface area contributed by atoms with Crippen molar-refractivity contribution >= 4 is 22.4 Å². The van der Waals surface area contributed by atoms with Gasteiger partial charge in [0, 0.05) is 17.0 Å². The number of hydrogen-bond donors (Lipinski definition) is 2. The molecular formula is C12H11N5S. The molecule has 0 saturated carbocycles. The topological polar surface area (TPSA) is 76.7 Å². The molecule has 3 N–H and O–H groups in total. The minimum absolute atomic E-state index is 0.180. The minimum atomic E-state index is -0.180. The first-order chi connectivity index (χ1) is 8.88. The Kier molecular flexibility index (Phi) is 2.97. The van der Waals surface area contributed by atoms with Gasteiger partial charge in [-0.25, -0.2) is 5.43 Å². The van der Waals surface area contributed by atoms with Crippen LogP contribution in [0.15, 0.2) is 41.9 Å². The zero-order chi connectivity index (χ0) is 12.4. The van der Waals surface area contributed by atoms with E-state index in [1.165, 1.54) is 11.5 Å². The van der Waals surface area contributed by atoms with Crippen molar-refractivity contribution in [3.05, 3.63) is 53.2 Å². The van der Waals surface area contributed by atoms with Crippen LogP contribution in [0.1, 0.15) is 17.3 Å². The highest BCUT2D eigenvalue weighted by Gasteiger charge is 2.15. The molecule has 3 rings (SSSR count). The van der Waals surface area contributed by atoms with Gasteiger partial charge in [0.15, 0.2) is 0 Å². The van der Waals surface area contributed by atoms with E-state index >= 15 is 0 Å². The Labute approximate surface area is 108 Å². The number of nitrogens with two attached hydrogens (primary N) is 1. The number of aromatic nitrogens is 3. The number of fused-ring (bicyclic) bond motifs is 1. The summed E-state index contributed by atoms with van der Waals surface area (Å²) in [6.45, 7) is 0. The van der Waals surface area contributed by atoms with Gasteiger partial charge in [-0.1, -0.05) is 22.7 Å². The summed E-state index contributed by atoms with van der Waals surface area (Å²) >= 11 is 1.30. The van der Waals surface area contributed by atoms with E-state index in [-0.39, 0.29) is 6.04 Å². The van der Waals surface area contributed by atoms with Gasteiger partial charge in [-0.3, -0.25) is 10.8 Å². The van der Waals surface area contributed by atoms with E-state index in [9.17, 15) is 0 Å². The Morgan fingerprint density at radius 3 is 2.94 bits per heavy atom. The highest BCUT2D eigenvalue weighted by Crippen LogP contribution is 2.22. The van der Waals surface area contributed by atoms with E-state index in [0.717, 1.165) is 22.2 Å². The zero-order valence-electron chi connectivity index (χ0n) is 9.45. The van der Waals surface area contributed by atoms with Crippen molar-refractivity contribution in [3.8, 4) is 0 Å². The first-order valence-corrected chi connectivity index (χ1v) is 6.30. The van der Waals surface area contributed by atoms with Gasteiger partial charge in [0.1, 0.15) is 0 Å². The van der Waals surface area contributed by atoms with Crippen molar-refractivity contribution in [1.82, 2.24) is 20.0 Å². The zero-order valence-corrected chi connectivity index (χ0v) is 10.3. The molecule has 5 nitrogen and oxygen atoms in total. The first-order valence-electron chi connectivity index (χ1n) is 5.46. The molecule has 2 aromatic heterocycles. The van der Waals surface area contributed by atoms with Crippen LogP contribution in [0, 0.1) is 0 Å². The fourth-order valence-electron chi connectivity index (χ4n) is 1.90. The van der Waals surface area contributed by atoms with Gasteiger partial charge in [-0.05, 0) is 29.2 Å². The molecule has 0 bridgehead atoms. The molecule has 1 aromatic carbocycles. The lowest BCUT2D eigenvalue weighted by atomic mass is 10.1. The fraction of sp³-hybridized carbons (Fsp3) is 0.0833. The van der Waals surface area contributed by atoms with Gasteiger partial charge in [0.05, 0.1) is 17.3 Å². The molecule has 3 aromatic rings. The van der Waals surface area contributed by atoms with Gasteiger partial charge in [0.25, 0.3) is 0 Å². The second kappa shape index (κ2) is 4.77. The molecule has 90 valence electrons.